The van der Waals surface area contributed by atoms with Gasteiger partial charge in [-0.3, -0.25) is 4.79 Å². The highest BCUT2D eigenvalue weighted by molar-refractivity contribution is 9.10. The summed E-state index contributed by atoms with van der Waals surface area (Å²) >= 11 is 3.27. The van der Waals surface area contributed by atoms with Crippen molar-refractivity contribution in [3.05, 3.63) is 28.5 Å². The largest absolute Gasteiger partial charge is 0.464 e. The van der Waals surface area contributed by atoms with Crippen molar-refractivity contribution < 1.29 is 14.3 Å². The van der Waals surface area contributed by atoms with Gasteiger partial charge in [-0.2, -0.15) is 0 Å². The van der Waals surface area contributed by atoms with Crippen LogP contribution in [0.2, 0.25) is 0 Å². The highest BCUT2D eigenvalue weighted by Gasteiger charge is 2.35. The van der Waals surface area contributed by atoms with E-state index in [0.717, 1.165) is 10.9 Å². The van der Waals surface area contributed by atoms with Crippen LogP contribution in [-0.4, -0.2) is 41.0 Å². The van der Waals surface area contributed by atoms with Gasteiger partial charge in [-0.05, 0) is 47.8 Å². The van der Waals surface area contributed by atoms with Gasteiger partial charge in [0.1, 0.15) is 11.7 Å². The van der Waals surface area contributed by atoms with Crippen LogP contribution in [0.4, 0.5) is 0 Å². The number of amides is 1. The molecule has 1 fully saturated rings. The van der Waals surface area contributed by atoms with Crippen LogP contribution in [0.3, 0.4) is 0 Å². The molecule has 1 aliphatic heterocycles. The van der Waals surface area contributed by atoms with Crippen molar-refractivity contribution in [3.8, 4) is 0 Å². The van der Waals surface area contributed by atoms with Crippen LogP contribution in [0.25, 0.3) is 0 Å². The predicted octanol–water partition coefficient (Wildman–Crippen LogP) is 2.01. The van der Waals surface area contributed by atoms with Gasteiger partial charge in [0.25, 0.3) is 5.91 Å². The molecule has 1 saturated heterocycles. The van der Waals surface area contributed by atoms with E-state index in [9.17, 15) is 9.59 Å². The number of esters is 1. The number of halogens is 1. The fraction of sp³-hybridized carbons (Fsp3) is 0.462. The Morgan fingerprint density at radius 3 is 2.95 bits per heavy atom. The van der Waals surface area contributed by atoms with E-state index >= 15 is 0 Å². The highest BCUT2D eigenvalue weighted by atomic mass is 79.9. The van der Waals surface area contributed by atoms with Crippen molar-refractivity contribution in [1.29, 1.82) is 0 Å². The summed E-state index contributed by atoms with van der Waals surface area (Å²) in [5.74, 6) is -0.548. The van der Waals surface area contributed by atoms with Crippen LogP contribution in [0.15, 0.2) is 22.8 Å². The lowest BCUT2D eigenvalue weighted by molar-refractivity contribution is -0.147. The van der Waals surface area contributed by atoms with Crippen molar-refractivity contribution in [2.24, 2.45) is 0 Å². The van der Waals surface area contributed by atoms with E-state index in [1.54, 1.807) is 30.2 Å². The molecule has 6 heteroatoms. The maximum absolute atomic E-state index is 12.3. The number of likely N-dealkylation sites (tertiary alicyclic amines) is 1. The Labute approximate surface area is 120 Å². The van der Waals surface area contributed by atoms with Crippen LogP contribution in [-0.2, 0) is 9.53 Å². The van der Waals surface area contributed by atoms with E-state index in [4.69, 9.17) is 4.74 Å². The van der Waals surface area contributed by atoms with Crippen molar-refractivity contribution in [2.45, 2.75) is 25.8 Å². The number of nitrogens with zero attached hydrogens (tertiary/aromatic N) is 2. The Hall–Kier alpha value is -1.43. The van der Waals surface area contributed by atoms with Crippen molar-refractivity contribution in [1.82, 2.24) is 9.88 Å². The lowest BCUT2D eigenvalue weighted by Gasteiger charge is -2.22. The zero-order chi connectivity index (χ0) is 13.8. The molecule has 2 heterocycles. The molecule has 1 atom stereocenters. The van der Waals surface area contributed by atoms with Crippen LogP contribution >= 0.6 is 15.9 Å². The van der Waals surface area contributed by atoms with Crippen LogP contribution in [0.1, 0.15) is 30.3 Å². The van der Waals surface area contributed by atoms with E-state index in [2.05, 4.69) is 20.9 Å². The van der Waals surface area contributed by atoms with Gasteiger partial charge in [0.05, 0.1) is 6.61 Å². The van der Waals surface area contributed by atoms with Crippen molar-refractivity contribution >= 4 is 27.8 Å². The fourth-order valence-electron chi connectivity index (χ4n) is 2.14. The highest BCUT2D eigenvalue weighted by Crippen LogP contribution is 2.21. The SMILES string of the molecule is CCOC(=O)C1CCCN1C(=O)c1ccc(Br)cn1. The van der Waals surface area contributed by atoms with E-state index in [0.29, 0.717) is 25.3 Å². The van der Waals surface area contributed by atoms with E-state index in [-0.39, 0.29) is 11.9 Å². The molecule has 0 aliphatic carbocycles. The van der Waals surface area contributed by atoms with Gasteiger partial charge in [-0.25, -0.2) is 9.78 Å². The molecular formula is C13H15BrN2O3. The average molecular weight is 327 g/mol. The topological polar surface area (TPSA) is 59.5 Å². The second-order valence-corrected chi connectivity index (χ2v) is 5.19. The minimum atomic E-state index is -0.474. The number of hydrogen-bond acceptors (Lipinski definition) is 4. The molecule has 1 unspecified atom stereocenters. The smallest absolute Gasteiger partial charge is 0.328 e. The number of rotatable bonds is 3. The summed E-state index contributed by atoms with van der Waals surface area (Å²) in [6.45, 7) is 2.66. The molecule has 1 amide bonds. The molecule has 0 spiro atoms. The first-order valence-corrected chi connectivity index (χ1v) is 7.02. The third kappa shape index (κ3) is 3.12. The quantitative estimate of drug-likeness (QED) is 0.797. The minimum absolute atomic E-state index is 0.219. The minimum Gasteiger partial charge on any atom is -0.464 e. The summed E-state index contributed by atoms with van der Waals surface area (Å²) < 4.78 is 5.81. The van der Waals surface area contributed by atoms with Gasteiger partial charge in [-0.15, -0.1) is 0 Å². The Balaban J connectivity index is 2.13. The summed E-state index contributed by atoms with van der Waals surface area (Å²) in [6, 6.07) is 2.93. The molecule has 5 nitrogen and oxygen atoms in total. The fourth-order valence-corrected chi connectivity index (χ4v) is 2.38. The number of carbonyl (C=O) groups is 2. The molecule has 2 rings (SSSR count). The number of aromatic nitrogens is 1. The maximum atomic E-state index is 12.3. The molecule has 0 aromatic carbocycles. The molecule has 0 saturated carbocycles. The molecule has 102 valence electrons. The first kappa shape index (κ1) is 14.0. The third-order valence-electron chi connectivity index (χ3n) is 3.02. The molecule has 19 heavy (non-hydrogen) atoms. The van der Waals surface area contributed by atoms with Crippen molar-refractivity contribution in [2.75, 3.05) is 13.2 Å². The Bertz CT molecular complexity index is 475. The Kier molecular flexibility index (Phi) is 4.52. The zero-order valence-corrected chi connectivity index (χ0v) is 12.2. The summed E-state index contributed by atoms with van der Waals surface area (Å²) in [6.07, 6.45) is 3.04. The second kappa shape index (κ2) is 6.14. The standard InChI is InChI=1S/C13H15BrN2O3/c1-2-19-13(18)11-4-3-7-16(11)12(17)10-6-5-9(14)8-15-10/h5-6,8,11H,2-4,7H2,1H3. The molecule has 1 aromatic rings. The zero-order valence-electron chi connectivity index (χ0n) is 10.6. The third-order valence-corrected chi connectivity index (χ3v) is 3.49. The monoisotopic (exact) mass is 326 g/mol. The van der Waals surface area contributed by atoms with Gasteiger partial charge in [0.15, 0.2) is 0 Å². The van der Waals surface area contributed by atoms with Gasteiger partial charge >= 0.3 is 5.97 Å². The normalized spacial score (nSPS) is 18.4. The molecule has 1 aromatic heterocycles. The maximum Gasteiger partial charge on any atom is 0.328 e. The predicted molar refractivity (Wildman–Crippen MR) is 72.6 cm³/mol. The van der Waals surface area contributed by atoms with E-state index in [1.165, 1.54) is 0 Å². The number of carbonyl (C=O) groups excluding carboxylic acids is 2. The first-order valence-electron chi connectivity index (χ1n) is 6.22. The average Bonchev–Trinajstić information content (AvgIpc) is 2.88. The lowest BCUT2D eigenvalue weighted by Crippen LogP contribution is -2.41. The molecule has 0 bridgehead atoms. The van der Waals surface area contributed by atoms with E-state index in [1.807, 2.05) is 0 Å². The van der Waals surface area contributed by atoms with Crippen LogP contribution in [0, 0.1) is 0 Å². The Morgan fingerprint density at radius 2 is 2.32 bits per heavy atom. The molecular weight excluding hydrogens is 312 g/mol. The summed E-state index contributed by atoms with van der Waals surface area (Å²) in [4.78, 5) is 29.7. The van der Waals surface area contributed by atoms with Gasteiger partial charge in [0.2, 0.25) is 0 Å². The van der Waals surface area contributed by atoms with Crippen LogP contribution < -0.4 is 0 Å². The Morgan fingerprint density at radius 1 is 1.53 bits per heavy atom. The van der Waals surface area contributed by atoms with Crippen molar-refractivity contribution in [3.63, 3.8) is 0 Å². The molecule has 1 aliphatic rings. The van der Waals surface area contributed by atoms with Gasteiger partial charge in [-0.1, -0.05) is 0 Å². The summed E-state index contributed by atoms with van der Waals surface area (Å²) in [7, 11) is 0. The molecule has 0 radical (unpaired) electrons. The van der Waals surface area contributed by atoms with Crippen LogP contribution in [0.5, 0.6) is 0 Å². The number of pyridine rings is 1. The molecule has 0 N–H and O–H groups in total. The number of ether oxygens (including phenoxy) is 1. The second-order valence-electron chi connectivity index (χ2n) is 4.27. The van der Waals surface area contributed by atoms with Gasteiger partial charge in [0, 0.05) is 17.2 Å². The van der Waals surface area contributed by atoms with Gasteiger partial charge < -0.3 is 9.64 Å². The summed E-state index contributed by atoms with van der Waals surface area (Å²) in [5.41, 5.74) is 0.347. The summed E-state index contributed by atoms with van der Waals surface area (Å²) in [5, 5.41) is 0. The number of hydrogen-bond donors (Lipinski definition) is 0. The lowest BCUT2D eigenvalue weighted by atomic mass is 10.2. The first-order chi connectivity index (χ1) is 9.13. The van der Waals surface area contributed by atoms with E-state index < -0.39 is 6.04 Å².